The molecule has 1 aromatic carbocycles. The molecule has 0 aliphatic rings. The molecule has 2 rings (SSSR count). The van der Waals surface area contributed by atoms with E-state index in [1.807, 2.05) is 43.3 Å². The summed E-state index contributed by atoms with van der Waals surface area (Å²) in [6, 6.07) is 7.78. The summed E-state index contributed by atoms with van der Waals surface area (Å²) in [6.45, 7) is 2.88. The highest BCUT2D eigenvalue weighted by molar-refractivity contribution is 9.10. The predicted octanol–water partition coefficient (Wildman–Crippen LogP) is 3.31. The Morgan fingerprint density at radius 3 is 2.48 bits per heavy atom. The van der Waals surface area contributed by atoms with Crippen molar-refractivity contribution in [2.24, 2.45) is 0 Å². The fourth-order valence-corrected chi connectivity index (χ4v) is 1.78. The van der Waals surface area contributed by atoms with E-state index in [1.165, 1.54) is 0 Å². The summed E-state index contributed by atoms with van der Waals surface area (Å²) in [5, 5.41) is 3.15. The second-order valence-corrected chi connectivity index (χ2v) is 5.53. The van der Waals surface area contributed by atoms with E-state index in [2.05, 4.69) is 43.1 Å². The van der Waals surface area contributed by atoms with Crippen LogP contribution in [0.1, 0.15) is 13.3 Å². The Bertz CT molecular complexity index is 588. The van der Waals surface area contributed by atoms with Crippen molar-refractivity contribution in [2.75, 3.05) is 30.9 Å². The first-order valence-corrected chi connectivity index (χ1v) is 7.48. The Morgan fingerprint density at radius 1 is 1.14 bits per heavy atom. The van der Waals surface area contributed by atoms with Crippen LogP contribution in [0.15, 0.2) is 28.7 Å². The first kappa shape index (κ1) is 15.5. The van der Waals surface area contributed by atoms with E-state index in [9.17, 15) is 0 Å². The van der Waals surface area contributed by atoms with Gasteiger partial charge in [0.05, 0.1) is 0 Å². The molecule has 0 unspecified atom stereocenters. The molecule has 1 aromatic heterocycles. The van der Waals surface area contributed by atoms with E-state index < -0.39 is 0 Å². The third kappa shape index (κ3) is 4.56. The molecule has 21 heavy (non-hydrogen) atoms. The minimum absolute atomic E-state index is 0.273. The van der Waals surface area contributed by atoms with Gasteiger partial charge in [-0.2, -0.15) is 15.0 Å². The van der Waals surface area contributed by atoms with E-state index in [0.29, 0.717) is 17.6 Å². The Balaban J connectivity index is 2.24. The molecule has 2 aromatic rings. The van der Waals surface area contributed by atoms with Gasteiger partial charge in [0.1, 0.15) is 5.75 Å². The molecule has 6 nitrogen and oxygen atoms in total. The Labute approximate surface area is 132 Å². The second-order valence-electron chi connectivity index (χ2n) is 4.62. The Hall–Kier alpha value is -1.89. The van der Waals surface area contributed by atoms with Gasteiger partial charge in [-0.25, -0.2) is 0 Å². The maximum absolute atomic E-state index is 5.70. The molecular weight excluding hydrogens is 334 g/mol. The molecular formula is C14H18BrN5O. The Kier molecular flexibility index (Phi) is 5.32. The smallest absolute Gasteiger partial charge is 0.328 e. The number of anilines is 2. The van der Waals surface area contributed by atoms with Gasteiger partial charge in [0.2, 0.25) is 11.9 Å². The molecule has 0 saturated heterocycles. The third-order valence-electron chi connectivity index (χ3n) is 2.56. The van der Waals surface area contributed by atoms with Crippen LogP contribution in [-0.4, -0.2) is 35.6 Å². The van der Waals surface area contributed by atoms with Crippen LogP contribution < -0.4 is 15.0 Å². The largest absolute Gasteiger partial charge is 0.424 e. The van der Waals surface area contributed by atoms with Crippen LogP contribution in [0.4, 0.5) is 11.9 Å². The first-order chi connectivity index (χ1) is 10.1. The van der Waals surface area contributed by atoms with E-state index in [-0.39, 0.29) is 6.01 Å². The topological polar surface area (TPSA) is 63.2 Å². The van der Waals surface area contributed by atoms with E-state index in [1.54, 1.807) is 0 Å². The summed E-state index contributed by atoms with van der Waals surface area (Å²) in [5.74, 6) is 1.74. The summed E-state index contributed by atoms with van der Waals surface area (Å²) in [5.41, 5.74) is 0. The van der Waals surface area contributed by atoms with Crippen LogP contribution in [0, 0.1) is 0 Å². The number of hydrogen-bond donors (Lipinski definition) is 1. The maximum atomic E-state index is 5.70. The lowest BCUT2D eigenvalue weighted by molar-refractivity contribution is 0.440. The predicted molar refractivity (Wildman–Crippen MR) is 87.2 cm³/mol. The lowest BCUT2D eigenvalue weighted by atomic mass is 10.3. The zero-order valence-electron chi connectivity index (χ0n) is 12.3. The molecule has 0 radical (unpaired) electrons. The summed E-state index contributed by atoms with van der Waals surface area (Å²) in [6.07, 6.45) is 0.992. The number of halogens is 1. The second kappa shape index (κ2) is 7.21. The van der Waals surface area contributed by atoms with Crippen molar-refractivity contribution in [3.05, 3.63) is 28.7 Å². The maximum Gasteiger partial charge on any atom is 0.328 e. The molecule has 0 aliphatic heterocycles. The summed E-state index contributed by atoms with van der Waals surface area (Å²) in [4.78, 5) is 14.7. The molecule has 7 heteroatoms. The fraction of sp³-hybridized carbons (Fsp3) is 0.357. The van der Waals surface area contributed by atoms with Crippen molar-refractivity contribution in [3.8, 4) is 11.8 Å². The molecule has 0 fully saturated rings. The van der Waals surface area contributed by atoms with Gasteiger partial charge in [-0.15, -0.1) is 0 Å². The van der Waals surface area contributed by atoms with Gasteiger partial charge in [0, 0.05) is 25.1 Å². The highest BCUT2D eigenvalue weighted by Crippen LogP contribution is 2.22. The molecule has 0 saturated carbocycles. The third-order valence-corrected chi connectivity index (χ3v) is 3.09. The summed E-state index contributed by atoms with van der Waals surface area (Å²) >= 11 is 3.39. The molecule has 0 amide bonds. The van der Waals surface area contributed by atoms with Crippen molar-refractivity contribution in [1.29, 1.82) is 0 Å². The van der Waals surface area contributed by atoms with Crippen molar-refractivity contribution >= 4 is 27.8 Å². The van der Waals surface area contributed by atoms with Crippen LogP contribution in [0.3, 0.4) is 0 Å². The van der Waals surface area contributed by atoms with Gasteiger partial charge in [-0.3, -0.25) is 0 Å². The van der Waals surface area contributed by atoms with Gasteiger partial charge < -0.3 is 15.0 Å². The van der Waals surface area contributed by atoms with Gasteiger partial charge in [-0.1, -0.05) is 22.9 Å². The number of nitrogens with zero attached hydrogens (tertiary/aromatic N) is 4. The van der Waals surface area contributed by atoms with Crippen LogP contribution >= 0.6 is 15.9 Å². The van der Waals surface area contributed by atoms with Crippen LogP contribution in [0.25, 0.3) is 0 Å². The molecule has 1 N–H and O–H groups in total. The van der Waals surface area contributed by atoms with Crippen LogP contribution in [0.5, 0.6) is 11.8 Å². The molecule has 0 bridgehead atoms. The fourth-order valence-electron chi connectivity index (χ4n) is 1.52. The molecule has 0 aliphatic carbocycles. The monoisotopic (exact) mass is 351 g/mol. The standard InChI is InChI=1S/C14H18BrN5O/c1-4-9-16-12-17-13(20(2)3)19-14(18-12)21-11-7-5-10(15)6-8-11/h5-8H,4,9H2,1-3H3,(H,16,17,18,19). The lowest BCUT2D eigenvalue weighted by Gasteiger charge is -2.13. The zero-order valence-corrected chi connectivity index (χ0v) is 13.9. The van der Waals surface area contributed by atoms with E-state index in [0.717, 1.165) is 17.4 Å². The number of hydrogen-bond acceptors (Lipinski definition) is 6. The molecule has 0 atom stereocenters. The van der Waals surface area contributed by atoms with Gasteiger partial charge >= 0.3 is 6.01 Å². The molecule has 1 heterocycles. The SMILES string of the molecule is CCCNc1nc(Oc2ccc(Br)cc2)nc(N(C)C)n1. The minimum Gasteiger partial charge on any atom is -0.424 e. The van der Waals surface area contributed by atoms with Crippen molar-refractivity contribution in [2.45, 2.75) is 13.3 Å². The average Bonchev–Trinajstić information content (AvgIpc) is 2.47. The summed E-state index contributed by atoms with van der Waals surface area (Å²) in [7, 11) is 3.75. The zero-order chi connectivity index (χ0) is 15.2. The van der Waals surface area contributed by atoms with Crippen molar-refractivity contribution in [3.63, 3.8) is 0 Å². The molecule has 112 valence electrons. The average molecular weight is 352 g/mol. The number of benzene rings is 1. The highest BCUT2D eigenvalue weighted by Gasteiger charge is 2.09. The number of rotatable bonds is 6. The van der Waals surface area contributed by atoms with Crippen molar-refractivity contribution in [1.82, 2.24) is 15.0 Å². The van der Waals surface area contributed by atoms with Crippen LogP contribution in [0.2, 0.25) is 0 Å². The highest BCUT2D eigenvalue weighted by atomic mass is 79.9. The van der Waals surface area contributed by atoms with E-state index >= 15 is 0 Å². The minimum atomic E-state index is 0.273. The first-order valence-electron chi connectivity index (χ1n) is 6.69. The van der Waals surface area contributed by atoms with Gasteiger partial charge in [0.15, 0.2) is 0 Å². The Morgan fingerprint density at radius 2 is 1.86 bits per heavy atom. The number of ether oxygens (including phenoxy) is 1. The lowest BCUT2D eigenvalue weighted by Crippen LogP contribution is -2.16. The quantitative estimate of drug-likeness (QED) is 0.861. The number of aromatic nitrogens is 3. The van der Waals surface area contributed by atoms with E-state index in [4.69, 9.17) is 4.74 Å². The van der Waals surface area contributed by atoms with Gasteiger partial charge in [0.25, 0.3) is 0 Å². The van der Waals surface area contributed by atoms with Gasteiger partial charge in [-0.05, 0) is 30.7 Å². The van der Waals surface area contributed by atoms with Crippen LogP contribution in [-0.2, 0) is 0 Å². The molecule has 0 spiro atoms. The summed E-state index contributed by atoms with van der Waals surface area (Å²) < 4.78 is 6.69. The van der Waals surface area contributed by atoms with Crippen molar-refractivity contribution < 1.29 is 4.74 Å². The number of nitrogens with one attached hydrogen (secondary N) is 1. The normalized spacial score (nSPS) is 10.3.